The molecule has 0 aliphatic rings. The fraction of sp³-hybridized carbons (Fsp3) is 0.214. The van der Waals surface area contributed by atoms with Gasteiger partial charge in [-0.15, -0.1) is 11.3 Å². The number of aliphatic carboxylic acids is 1. The standard InChI is InChI=1S/C14H12N2O3S/c1-2-10(14(18)19)16-11(12-4-3-7-20-12)6-5-9(8-15)13(16)17/h3-7,10H,2H2,1H3,(H,18,19). The van der Waals surface area contributed by atoms with Crippen LogP contribution in [-0.2, 0) is 4.79 Å². The van der Waals surface area contributed by atoms with E-state index >= 15 is 0 Å². The molecule has 0 saturated carbocycles. The van der Waals surface area contributed by atoms with E-state index in [9.17, 15) is 14.7 Å². The van der Waals surface area contributed by atoms with E-state index in [1.165, 1.54) is 22.0 Å². The Kier molecular flexibility index (Phi) is 4.01. The van der Waals surface area contributed by atoms with Gasteiger partial charge in [-0.1, -0.05) is 13.0 Å². The Hall–Kier alpha value is -2.39. The number of hydrogen-bond donors (Lipinski definition) is 1. The summed E-state index contributed by atoms with van der Waals surface area (Å²) < 4.78 is 1.20. The van der Waals surface area contributed by atoms with E-state index in [0.717, 1.165) is 4.88 Å². The smallest absolute Gasteiger partial charge is 0.326 e. The molecule has 0 aliphatic carbocycles. The number of carboxylic acid groups (broad SMARTS) is 1. The summed E-state index contributed by atoms with van der Waals surface area (Å²) in [5.41, 5.74) is -0.0871. The van der Waals surface area contributed by atoms with Crippen molar-refractivity contribution in [3.8, 4) is 16.6 Å². The topological polar surface area (TPSA) is 83.1 Å². The Morgan fingerprint density at radius 1 is 1.50 bits per heavy atom. The number of nitrogens with zero attached hydrogens (tertiary/aromatic N) is 2. The number of pyridine rings is 1. The van der Waals surface area contributed by atoms with Crippen LogP contribution < -0.4 is 5.56 Å². The molecule has 0 saturated heterocycles. The third-order valence-electron chi connectivity index (χ3n) is 2.99. The van der Waals surface area contributed by atoms with Crippen LogP contribution in [0.3, 0.4) is 0 Å². The van der Waals surface area contributed by atoms with Crippen molar-refractivity contribution in [3.05, 3.63) is 45.6 Å². The molecule has 2 rings (SSSR count). The number of thiophene rings is 1. The van der Waals surface area contributed by atoms with Crippen molar-refractivity contribution < 1.29 is 9.90 Å². The average Bonchev–Trinajstić information content (AvgIpc) is 2.94. The highest BCUT2D eigenvalue weighted by molar-refractivity contribution is 7.13. The van der Waals surface area contributed by atoms with Crippen LogP contribution >= 0.6 is 11.3 Å². The predicted octanol–water partition coefficient (Wildman–Crippen LogP) is 2.48. The first-order chi connectivity index (χ1) is 9.60. The lowest BCUT2D eigenvalue weighted by molar-refractivity contribution is -0.141. The van der Waals surface area contributed by atoms with Crippen molar-refractivity contribution in [2.24, 2.45) is 0 Å². The first kappa shape index (κ1) is 14.0. The zero-order valence-electron chi connectivity index (χ0n) is 10.7. The van der Waals surface area contributed by atoms with Crippen molar-refractivity contribution in [1.82, 2.24) is 4.57 Å². The molecule has 0 amide bonds. The minimum absolute atomic E-state index is 0.0509. The van der Waals surface area contributed by atoms with Gasteiger partial charge in [0.15, 0.2) is 0 Å². The van der Waals surface area contributed by atoms with E-state index in [1.807, 2.05) is 17.5 Å². The molecule has 5 nitrogen and oxygen atoms in total. The maximum atomic E-state index is 12.3. The van der Waals surface area contributed by atoms with Crippen molar-refractivity contribution >= 4 is 17.3 Å². The SMILES string of the molecule is CCC(C(=O)O)n1c(-c2cccs2)ccc(C#N)c1=O. The Bertz CT molecular complexity index is 726. The quantitative estimate of drug-likeness (QED) is 0.936. The molecule has 1 atom stereocenters. The van der Waals surface area contributed by atoms with Gasteiger partial charge in [0.05, 0.1) is 10.6 Å². The summed E-state index contributed by atoms with van der Waals surface area (Å²) in [6.07, 6.45) is 0.266. The third-order valence-corrected chi connectivity index (χ3v) is 3.89. The molecule has 0 radical (unpaired) electrons. The lowest BCUT2D eigenvalue weighted by Gasteiger charge is -2.18. The second kappa shape index (κ2) is 5.72. The summed E-state index contributed by atoms with van der Waals surface area (Å²) in [4.78, 5) is 24.5. The summed E-state index contributed by atoms with van der Waals surface area (Å²) in [5.74, 6) is -1.08. The van der Waals surface area contributed by atoms with Gasteiger partial charge in [0.1, 0.15) is 17.7 Å². The maximum absolute atomic E-state index is 12.3. The Labute approximate surface area is 119 Å². The van der Waals surface area contributed by atoms with Crippen LogP contribution in [0.5, 0.6) is 0 Å². The van der Waals surface area contributed by atoms with Gasteiger partial charge in [-0.05, 0) is 30.0 Å². The van der Waals surface area contributed by atoms with Gasteiger partial charge in [-0.25, -0.2) is 4.79 Å². The zero-order chi connectivity index (χ0) is 14.7. The molecule has 0 aromatic carbocycles. The van der Waals surface area contributed by atoms with E-state index in [0.29, 0.717) is 5.69 Å². The fourth-order valence-electron chi connectivity index (χ4n) is 2.04. The molecule has 2 aromatic heterocycles. The highest BCUT2D eigenvalue weighted by Gasteiger charge is 2.23. The molecule has 0 aliphatic heterocycles. The summed E-state index contributed by atoms with van der Waals surface area (Å²) in [6.45, 7) is 1.70. The molecule has 0 bridgehead atoms. The summed E-state index contributed by atoms with van der Waals surface area (Å²) in [7, 11) is 0. The number of hydrogen-bond acceptors (Lipinski definition) is 4. The van der Waals surface area contributed by atoms with Crippen LogP contribution in [0.4, 0.5) is 0 Å². The second-order valence-corrected chi connectivity index (χ2v) is 5.11. The highest BCUT2D eigenvalue weighted by Crippen LogP contribution is 2.27. The van der Waals surface area contributed by atoms with Crippen LogP contribution in [0.25, 0.3) is 10.6 Å². The van der Waals surface area contributed by atoms with E-state index in [-0.39, 0.29) is 12.0 Å². The van der Waals surface area contributed by atoms with Gasteiger partial charge >= 0.3 is 5.97 Å². The third kappa shape index (κ3) is 2.36. The molecular formula is C14H12N2O3S. The van der Waals surface area contributed by atoms with Gasteiger partial charge < -0.3 is 5.11 Å². The Morgan fingerprint density at radius 3 is 2.75 bits per heavy atom. The largest absolute Gasteiger partial charge is 0.480 e. The minimum atomic E-state index is -1.08. The van der Waals surface area contributed by atoms with Crippen molar-refractivity contribution in [3.63, 3.8) is 0 Å². The monoisotopic (exact) mass is 288 g/mol. The van der Waals surface area contributed by atoms with Gasteiger partial charge in [0.2, 0.25) is 0 Å². The molecule has 1 unspecified atom stereocenters. The number of aromatic nitrogens is 1. The van der Waals surface area contributed by atoms with Crippen LogP contribution in [0.15, 0.2) is 34.4 Å². The second-order valence-electron chi connectivity index (χ2n) is 4.16. The Balaban J connectivity index is 2.77. The van der Waals surface area contributed by atoms with E-state index < -0.39 is 17.6 Å². The van der Waals surface area contributed by atoms with E-state index in [1.54, 1.807) is 19.1 Å². The number of carboxylic acids is 1. The first-order valence-electron chi connectivity index (χ1n) is 6.02. The number of rotatable bonds is 4. The number of nitriles is 1. The fourth-order valence-corrected chi connectivity index (χ4v) is 2.79. The van der Waals surface area contributed by atoms with Gasteiger partial charge in [-0.2, -0.15) is 5.26 Å². The van der Waals surface area contributed by atoms with Crippen molar-refractivity contribution in [1.29, 1.82) is 5.26 Å². The molecule has 102 valence electrons. The van der Waals surface area contributed by atoms with E-state index in [2.05, 4.69) is 0 Å². The zero-order valence-corrected chi connectivity index (χ0v) is 11.6. The van der Waals surface area contributed by atoms with Crippen molar-refractivity contribution in [2.75, 3.05) is 0 Å². The van der Waals surface area contributed by atoms with Crippen LogP contribution in [0, 0.1) is 11.3 Å². The van der Waals surface area contributed by atoms with Crippen molar-refractivity contribution in [2.45, 2.75) is 19.4 Å². The molecule has 0 fully saturated rings. The molecule has 6 heteroatoms. The Morgan fingerprint density at radius 2 is 2.25 bits per heavy atom. The molecule has 2 heterocycles. The average molecular weight is 288 g/mol. The summed E-state index contributed by atoms with van der Waals surface area (Å²) in [6, 6.07) is 7.52. The van der Waals surface area contributed by atoms with Crippen LogP contribution in [0.2, 0.25) is 0 Å². The lowest BCUT2D eigenvalue weighted by atomic mass is 10.1. The highest BCUT2D eigenvalue weighted by atomic mass is 32.1. The van der Waals surface area contributed by atoms with Gasteiger partial charge in [0.25, 0.3) is 5.56 Å². The first-order valence-corrected chi connectivity index (χ1v) is 6.90. The number of carbonyl (C=O) groups is 1. The maximum Gasteiger partial charge on any atom is 0.326 e. The van der Waals surface area contributed by atoms with Gasteiger partial charge in [0, 0.05) is 0 Å². The van der Waals surface area contributed by atoms with E-state index in [4.69, 9.17) is 5.26 Å². The summed E-state index contributed by atoms with van der Waals surface area (Å²) in [5, 5.41) is 20.1. The molecule has 20 heavy (non-hydrogen) atoms. The molecule has 2 aromatic rings. The molecule has 0 spiro atoms. The minimum Gasteiger partial charge on any atom is -0.480 e. The van der Waals surface area contributed by atoms with Gasteiger partial charge in [-0.3, -0.25) is 9.36 Å². The van der Waals surface area contributed by atoms with Crippen LogP contribution in [-0.4, -0.2) is 15.6 Å². The van der Waals surface area contributed by atoms with Crippen LogP contribution in [0.1, 0.15) is 24.9 Å². The molecule has 1 N–H and O–H groups in total. The normalized spacial score (nSPS) is 11.8. The summed E-state index contributed by atoms with van der Waals surface area (Å²) >= 11 is 1.42. The lowest BCUT2D eigenvalue weighted by Crippen LogP contribution is -2.32. The molecular weight excluding hydrogens is 276 g/mol. The predicted molar refractivity (Wildman–Crippen MR) is 75.7 cm³/mol.